The lowest BCUT2D eigenvalue weighted by atomic mass is 9.97. The zero-order chi connectivity index (χ0) is 16.6. The SMILES string of the molecule is c1ccc(-c2ccc3c(c2)Cc2ccc(-c4ccccc4)cc2-3)cc1. The molecule has 0 radical (unpaired) electrons. The monoisotopic (exact) mass is 318 g/mol. The lowest BCUT2D eigenvalue weighted by molar-refractivity contribution is 1.26. The predicted octanol–water partition coefficient (Wildman–Crippen LogP) is 6.59. The van der Waals surface area contributed by atoms with Crippen LogP contribution in [-0.2, 0) is 6.42 Å². The van der Waals surface area contributed by atoms with E-state index in [0.717, 1.165) is 6.42 Å². The van der Waals surface area contributed by atoms with Gasteiger partial charge >= 0.3 is 0 Å². The van der Waals surface area contributed by atoms with Crippen molar-refractivity contribution >= 4 is 0 Å². The van der Waals surface area contributed by atoms with Gasteiger partial charge in [-0.3, -0.25) is 0 Å². The van der Waals surface area contributed by atoms with Crippen LogP contribution in [0, 0.1) is 0 Å². The van der Waals surface area contributed by atoms with Crippen LogP contribution < -0.4 is 0 Å². The number of benzene rings is 4. The van der Waals surface area contributed by atoms with Crippen molar-refractivity contribution in [1.29, 1.82) is 0 Å². The predicted molar refractivity (Wildman–Crippen MR) is 106 cm³/mol. The quantitative estimate of drug-likeness (QED) is 0.344. The van der Waals surface area contributed by atoms with Crippen molar-refractivity contribution in [2.45, 2.75) is 6.42 Å². The summed E-state index contributed by atoms with van der Waals surface area (Å²) in [6, 6.07) is 35.0. The maximum absolute atomic E-state index is 2.35. The van der Waals surface area contributed by atoms with Gasteiger partial charge in [-0.15, -0.1) is 0 Å². The van der Waals surface area contributed by atoms with Gasteiger partial charge in [0, 0.05) is 0 Å². The van der Waals surface area contributed by atoms with E-state index in [4.69, 9.17) is 0 Å². The fourth-order valence-corrected chi connectivity index (χ4v) is 3.81. The summed E-state index contributed by atoms with van der Waals surface area (Å²) in [6.45, 7) is 0. The van der Waals surface area contributed by atoms with Crippen LogP contribution in [0.3, 0.4) is 0 Å². The molecule has 118 valence electrons. The van der Waals surface area contributed by atoms with Crippen molar-refractivity contribution in [3.8, 4) is 33.4 Å². The molecule has 4 aromatic carbocycles. The number of fused-ring (bicyclic) bond motifs is 3. The fraction of sp³-hybridized carbons (Fsp3) is 0.0400. The largest absolute Gasteiger partial charge is 0.0622 e. The maximum Gasteiger partial charge on any atom is -0.00132 e. The van der Waals surface area contributed by atoms with Crippen LogP contribution in [0.2, 0.25) is 0 Å². The molecule has 0 unspecified atom stereocenters. The summed E-state index contributed by atoms with van der Waals surface area (Å²) in [5, 5.41) is 0. The Labute approximate surface area is 148 Å². The number of hydrogen-bond donors (Lipinski definition) is 0. The molecule has 0 N–H and O–H groups in total. The minimum Gasteiger partial charge on any atom is -0.0622 e. The molecule has 0 aliphatic heterocycles. The summed E-state index contributed by atoms with van der Waals surface area (Å²) in [4.78, 5) is 0. The molecule has 1 aliphatic carbocycles. The van der Waals surface area contributed by atoms with Crippen LogP contribution in [0.1, 0.15) is 11.1 Å². The first-order valence-electron chi connectivity index (χ1n) is 8.75. The molecule has 0 bridgehead atoms. The molecule has 0 fully saturated rings. The number of rotatable bonds is 2. The van der Waals surface area contributed by atoms with E-state index in [0.29, 0.717) is 0 Å². The zero-order valence-electron chi connectivity index (χ0n) is 13.9. The van der Waals surface area contributed by atoms with Gasteiger partial charge in [0.2, 0.25) is 0 Å². The third-order valence-electron chi connectivity index (χ3n) is 5.10. The molecular formula is C25H18. The molecule has 0 nitrogen and oxygen atoms in total. The normalized spacial score (nSPS) is 11.8. The van der Waals surface area contributed by atoms with Gasteiger partial charge in [0.15, 0.2) is 0 Å². The highest BCUT2D eigenvalue weighted by molar-refractivity contribution is 5.83. The van der Waals surface area contributed by atoms with Crippen LogP contribution in [0.25, 0.3) is 33.4 Å². The van der Waals surface area contributed by atoms with Crippen molar-refractivity contribution in [2.75, 3.05) is 0 Å². The molecule has 0 spiro atoms. The van der Waals surface area contributed by atoms with E-state index < -0.39 is 0 Å². The first-order valence-corrected chi connectivity index (χ1v) is 8.75. The summed E-state index contributed by atoms with van der Waals surface area (Å²) in [6.07, 6.45) is 1.03. The summed E-state index contributed by atoms with van der Waals surface area (Å²) in [5.41, 5.74) is 10.8. The van der Waals surface area contributed by atoms with Crippen LogP contribution in [-0.4, -0.2) is 0 Å². The minimum absolute atomic E-state index is 1.03. The topological polar surface area (TPSA) is 0 Å². The summed E-state index contributed by atoms with van der Waals surface area (Å²) >= 11 is 0. The zero-order valence-corrected chi connectivity index (χ0v) is 13.9. The Morgan fingerprint density at radius 3 is 1.68 bits per heavy atom. The first kappa shape index (κ1) is 14.2. The molecule has 4 aromatic rings. The van der Waals surface area contributed by atoms with Gasteiger partial charge in [0.05, 0.1) is 0 Å². The molecular weight excluding hydrogens is 300 g/mol. The van der Waals surface area contributed by atoms with Crippen LogP contribution >= 0.6 is 0 Å². The molecule has 0 heterocycles. The number of hydrogen-bond acceptors (Lipinski definition) is 0. The van der Waals surface area contributed by atoms with Crippen molar-refractivity contribution in [3.63, 3.8) is 0 Å². The molecule has 5 rings (SSSR count). The lowest BCUT2D eigenvalue weighted by Crippen LogP contribution is -1.83. The summed E-state index contributed by atoms with van der Waals surface area (Å²) in [7, 11) is 0. The summed E-state index contributed by atoms with van der Waals surface area (Å²) in [5.74, 6) is 0. The fourth-order valence-electron chi connectivity index (χ4n) is 3.81. The highest BCUT2D eigenvalue weighted by atomic mass is 14.2. The second kappa shape index (κ2) is 5.75. The molecule has 1 aliphatic rings. The third kappa shape index (κ3) is 2.47. The van der Waals surface area contributed by atoms with Crippen LogP contribution in [0.4, 0.5) is 0 Å². The van der Waals surface area contributed by atoms with E-state index >= 15 is 0 Å². The second-order valence-corrected chi connectivity index (χ2v) is 6.65. The Morgan fingerprint density at radius 2 is 1.00 bits per heavy atom. The Kier molecular flexibility index (Phi) is 3.28. The van der Waals surface area contributed by atoms with Crippen molar-refractivity contribution in [1.82, 2.24) is 0 Å². The van der Waals surface area contributed by atoms with Crippen molar-refractivity contribution in [3.05, 3.63) is 108 Å². The van der Waals surface area contributed by atoms with Gasteiger partial charge in [-0.1, -0.05) is 91.0 Å². The maximum atomic E-state index is 2.35. The molecule has 0 heteroatoms. The second-order valence-electron chi connectivity index (χ2n) is 6.65. The van der Waals surface area contributed by atoms with E-state index in [1.807, 2.05) is 0 Å². The third-order valence-corrected chi connectivity index (χ3v) is 5.10. The Morgan fingerprint density at radius 1 is 0.400 bits per heavy atom. The standard InChI is InChI=1S/C25H18/c1-3-7-18(8-4-1)20-13-14-24-23(15-20)16-22-12-11-21(17-25(22)24)19-9-5-2-6-10-19/h1-15,17H,16H2. The first-order chi connectivity index (χ1) is 12.4. The van der Waals surface area contributed by atoms with Gasteiger partial charge in [-0.05, 0) is 57.0 Å². The van der Waals surface area contributed by atoms with Crippen LogP contribution in [0.5, 0.6) is 0 Å². The van der Waals surface area contributed by atoms with Gasteiger partial charge in [0.1, 0.15) is 0 Å². The van der Waals surface area contributed by atoms with Crippen molar-refractivity contribution < 1.29 is 0 Å². The van der Waals surface area contributed by atoms with Crippen LogP contribution in [0.15, 0.2) is 97.1 Å². The molecule has 0 saturated heterocycles. The van der Waals surface area contributed by atoms with Crippen molar-refractivity contribution in [2.24, 2.45) is 0 Å². The average Bonchev–Trinajstić information content (AvgIpc) is 3.06. The van der Waals surface area contributed by atoms with E-state index in [9.17, 15) is 0 Å². The highest BCUT2D eigenvalue weighted by Crippen LogP contribution is 2.40. The van der Waals surface area contributed by atoms with Gasteiger partial charge in [-0.25, -0.2) is 0 Å². The molecule has 0 saturated carbocycles. The molecule has 0 aromatic heterocycles. The van der Waals surface area contributed by atoms with E-state index in [1.165, 1.54) is 44.5 Å². The highest BCUT2D eigenvalue weighted by Gasteiger charge is 2.19. The Hall–Kier alpha value is -3.12. The average molecular weight is 318 g/mol. The molecule has 25 heavy (non-hydrogen) atoms. The van der Waals surface area contributed by atoms with E-state index in [1.54, 1.807) is 0 Å². The lowest BCUT2D eigenvalue weighted by Gasteiger charge is -2.07. The van der Waals surface area contributed by atoms with Gasteiger partial charge in [0.25, 0.3) is 0 Å². The molecule has 0 amide bonds. The van der Waals surface area contributed by atoms with E-state index in [-0.39, 0.29) is 0 Å². The molecule has 0 atom stereocenters. The van der Waals surface area contributed by atoms with Gasteiger partial charge in [-0.2, -0.15) is 0 Å². The Bertz CT molecular complexity index is 1040. The minimum atomic E-state index is 1.03. The Balaban J connectivity index is 1.58. The summed E-state index contributed by atoms with van der Waals surface area (Å²) < 4.78 is 0. The van der Waals surface area contributed by atoms with Gasteiger partial charge < -0.3 is 0 Å². The van der Waals surface area contributed by atoms with E-state index in [2.05, 4.69) is 97.1 Å². The smallest absolute Gasteiger partial charge is 0.00132 e.